The predicted octanol–water partition coefficient (Wildman–Crippen LogP) is 4.05. The summed E-state index contributed by atoms with van der Waals surface area (Å²) in [5.41, 5.74) is 4.85. The Hall–Kier alpha value is -3.57. The molecular formula is C25H32F3N8O4P. The van der Waals surface area contributed by atoms with Crippen LogP contribution in [0.2, 0.25) is 0 Å². The summed E-state index contributed by atoms with van der Waals surface area (Å²) in [6.45, 7) is 6.35. The van der Waals surface area contributed by atoms with Crippen molar-refractivity contribution >= 4 is 30.4 Å². The number of esters is 1. The molecule has 0 saturated carbocycles. The Bertz CT molecular complexity index is 1440. The number of anilines is 1. The zero-order chi connectivity index (χ0) is 30.4. The quantitative estimate of drug-likeness (QED) is 0.192. The topological polar surface area (TPSA) is 170 Å². The maximum atomic E-state index is 14.3. The van der Waals surface area contributed by atoms with Crippen LogP contribution in [0.3, 0.4) is 0 Å². The van der Waals surface area contributed by atoms with Crippen LogP contribution in [-0.2, 0) is 25.4 Å². The van der Waals surface area contributed by atoms with E-state index < -0.39 is 43.6 Å². The summed E-state index contributed by atoms with van der Waals surface area (Å²) in [6.07, 6.45) is -3.04. The smallest absolute Gasteiger partial charge is 0.408 e. The van der Waals surface area contributed by atoms with Gasteiger partial charge in [-0.2, -0.15) is 18.4 Å². The van der Waals surface area contributed by atoms with Crippen LogP contribution in [0.25, 0.3) is 11.2 Å². The standard InChI is InChI=1S/C25H32F3N8O4P/c1-5-10-39-23(37)24(3,4)35-41(38,34-20(25(26,27)28)18-8-6-17(11-29)7-9-18)15-40-16(2)12-36-14-33-19-21(30)31-13-32-22(19)36/h6-9,13-14,16,20H,5,10,12,15H2,1-4H3,(H2,30,31,32)(H2,34,35,38)/t16-,20-,41+/m1/s1. The lowest BCUT2D eigenvalue weighted by molar-refractivity contribution is -0.153. The average molecular weight is 597 g/mol. The van der Waals surface area contributed by atoms with Crippen LogP contribution in [0.5, 0.6) is 0 Å². The molecule has 0 radical (unpaired) electrons. The summed E-state index contributed by atoms with van der Waals surface area (Å²) < 4.78 is 69.5. The number of nitrogen functional groups attached to an aromatic ring is 1. The lowest BCUT2D eigenvalue weighted by Crippen LogP contribution is -2.50. The molecule has 0 aliphatic heterocycles. The lowest BCUT2D eigenvalue weighted by Gasteiger charge is -2.34. The number of fused-ring (bicyclic) bond motifs is 1. The van der Waals surface area contributed by atoms with Gasteiger partial charge >= 0.3 is 12.1 Å². The Morgan fingerprint density at radius 3 is 2.51 bits per heavy atom. The highest BCUT2D eigenvalue weighted by Gasteiger charge is 2.47. The molecule has 12 nitrogen and oxygen atoms in total. The van der Waals surface area contributed by atoms with E-state index >= 15 is 0 Å². The summed E-state index contributed by atoms with van der Waals surface area (Å²) >= 11 is 0. The number of imidazole rings is 1. The second-order valence-electron chi connectivity index (χ2n) is 9.88. The minimum atomic E-state index is -4.89. The number of carbonyl (C=O) groups is 1. The van der Waals surface area contributed by atoms with Crippen LogP contribution in [0, 0.1) is 11.3 Å². The molecule has 0 bridgehead atoms. The van der Waals surface area contributed by atoms with Gasteiger partial charge in [-0.05, 0) is 44.9 Å². The number of rotatable bonds is 13. The number of carbonyl (C=O) groups excluding carboxylic acids is 1. The van der Waals surface area contributed by atoms with Crippen molar-refractivity contribution in [2.75, 3.05) is 18.7 Å². The van der Waals surface area contributed by atoms with Crippen molar-refractivity contribution in [1.29, 1.82) is 5.26 Å². The number of nitrogens with two attached hydrogens (primary N) is 1. The van der Waals surface area contributed by atoms with Crippen LogP contribution < -0.4 is 15.9 Å². The van der Waals surface area contributed by atoms with E-state index in [0.29, 0.717) is 17.6 Å². The Labute approximate surface area is 234 Å². The average Bonchev–Trinajstić information content (AvgIpc) is 3.32. The fourth-order valence-corrected chi connectivity index (χ4v) is 6.24. The Balaban J connectivity index is 1.88. The third kappa shape index (κ3) is 8.23. The van der Waals surface area contributed by atoms with Gasteiger partial charge in [-0.25, -0.2) is 25.1 Å². The number of benzene rings is 1. The Morgan fingerprint density at radius 1 is 1.22 bits per heavy atom. The van der Waals surface area contributed by atoms with Gasteiger partial charge in [0.25, 0.3) is 0 Å². The predicted molar refractivity (Wildman–Crippen MR) is 144 cm³/mol. The molecule has 3 aromatic rings. The highest BCUT2D eigenvalue weighted by atomic mass is 31.2. The van der Waals surface area contributed by atoms with Crippen molar-refractivity contribution in [3.63, 3.8) is 0 Å². The number of hydrogen-bond donors (Lipinski definition) is 3. The molecule has 222 valence electrons. The number of halogens is 3. The van der Waals surface area contributed by atoms with E-state index in [4.69, 9.17) is 20.5 Å². The van der Waals surface area contributed by atoms with Gasteiger partial charge in [0.2, 0.25) is 7.44 Å². The van der Waals surface area contributed by atoms with E-state index in [1.807, 2.05) is 6.07 Å². The number of alkyl halides is 3. The van der Waals surface area contributed by atoms with Crippen molar-refractivity contribution in [2.24, 2.45) is 0 Å². The van der Waals surface area contributed by atoms with Crippen molar-refractivity contribution in [2.45, 2.75) is 64.5 Å². The third-order valence-electron chi connectivity index (χ3n) is 5.87. The number of nitrogens with one attached hydrogen (secondary N) is 2. The summed E-state index contributed by atoms with van der Waals surface area (Å²) in [7, 11) is -4.34. The first-order chi connectivity index (χ1) is 19.2. The van der Waals surface area contributed by atoms with E-state index in [1.54, 1.807) is 18.4 Å². The molecule has 0 unspecified atom stereocenters. The van der Waals surface area contributed by atoms with Crippen LogP contribution in [0.4, 0.5) is 19.0 Å². The van der Waals surface area contributed by atoms with Crippen LogP contribution in [-0.4, -0.2) is 56.3 Å². The lowest BCUT2D eigenvalue weighted by atomic mass is 10.1. The molecule has 2 aromatic heterocycles. The normalized spacial score (nSPS) is 15.2. The highest BCUT2D eigenvalue weighted by Crippen LogP contribution is 2.46. The minimum Gasteiger partial charge on any atom is -0.464 e. The third-order valence-corrected chi connectivity index (χ3v) is 7.98. The van der Waals surface area contributed by atoms with Crippen LogP contribution in [0.1, 0.15) is 51.3 Å². The Kier molecular flexibility index (Phi) is 10.1. The summed E-state index contributed by atoms with van der Waals surface area (Å²) in [6, 6.07) is 4.13. The molecule has 16 heteroatoms. The molecule has 3 atom stereocenters. The second-order valence-corrected chi connectivity index (χ2v) is 12.1. The molecule has 3 rings (SSSR count). The Morgan fingerprint density at radius 2 is 1.90 bits per heavy atom. The molecule has 4 N–H and O–H groups in total. The van der Waals surface area contributed by atoms with Gasteiger partial charge in [0.05, 0.1) is 37.2 Å². The first-order valence-corrected chi connectivity index (χ1v) is 14.5. The maximum absolute atomic E-state index is 14.3. The van der Waals surface area contributed by atoms with Gasteiger partial charge in [0, 0.05) is 0 Å². The van der Waals surface area contributed by atoms with E-state index in [1.165, 1.54) is 38.6 Å². The van der Waals surface area contributed by atoms with E-state index in [2.05, 4.69) is 25.1 Å². The van der Waals surface area contributed by atoms with Gasteiger partial charge in [0.15, 0.2) is 11.5 Å². The van der Waals surface area contributed by atoms with E-state index in [-0.39, 0.29) is 30.1 Å². The molecule has 0 amide bonds. The van der Waals surface area contributed by atoms with Crippen molar-refractivity contribution in [1.82, 2.24) is 29.7 Å². The van der Waals surface area contributed by atoms with E-state index in [9.17, 15) is 22.5 Å². The van der Waals surface area contributed by atoms with Gasteiger partial charge in [-0.1, -0.05) is 19.1 Å². The van der Waals surface area contributed by atoms with Crippen molar-refractivity contribution < 1.29 is 32.0 Å². The fourth-order valence-electron chi connectivity index (χ4n) is 3.86. The molecule has 0 saturated heterocycles. The van der Waals surface area contributed by atoms with Gasteiger partial charge in [-0.3, -0.25) is 9.36 Å². The molecule has 0 fully saturated rings. The highest BCUT2D eigenvalue weighted by molar-refractivity contribution is 7.59. The minimum absolute atomic E-state index is 0.0819. The van der Waals surface area contributed by atoms with E-state index in [0.717, 1.165) is 12.1 Å². The maximum Gasteiger partial charge on any atom is 0.408 e. The number of hydrogen-bond acceptors (Lipinski definition) is 9. The molecular weight excluding hydrogens is 564 g/mol. The van der Waals surface area contributed by atoms with Gasteiger partial charge in [-0.15, -0.1) is 0 Å². The molecule has 2 heterocycles. The van der Waals surface area contributed by atoms with Crippen LogP contribution in [0.15, 0.2) is 36.9 Å². The molecule has 41 heavy (non-hydrogen) atoms. The molecule has 0 aliphatic rings. The largest absolute Gasteiger partial charge is 0.464 e. The summed E-state index contributed by atoms with van der Waals surface area (Å²) in [4.78, 5) is 24.9. The molecule has 1 aromatic carbocycles. The zero-order valence-electron chi connectivity index (χ0n) is 23.0. The zero-order valence-corrected chi connectivity index (χ0v) is 23.9. The van der Waals surface area contributed by atoms with Crippen molar-refractivity contribution in [3.8, 4) is 6.07 Å². The summed E-state index contributed by atoms with van der Waals surface area (Å²) in [5, 5.41) is 13.8. The van der Waals surface area contributed by atoms with Crippen molar-refractivity contribution in [3.05, 3.63) is 48.0 Å². The van der Waals surface area contributed by atoms with Crippen LogP contribution >= 0.6 is 7.44 Å². The SMILES string of the molecule is CCCOC(=O)C(C)(C)N[P@](=O)(CO[C@H](C)Cn1cnc2c(N)ncnc21)N[C@H](c1ccc(C#N)cc1)C(F)(F)F. The first kappa shape index (κ1) is 32.0. The summed E-state index contributed by atoms with van der Waals surface area (Å²) in [5.74, 6) is -0.614. The second kappa shape index (κ2) is 12.9. The number of aromatic nitrogens is 4. The van der Waals surface area contributed by atoms with Gasteiger partial charge < -0.3 is 19.8 Å². The first-order valence-electron chi connectivity index (χ1n) is 12.6. The number of nitriles is 1. The number of nitrogens with zero attached hydrogens (tertiary/aromatic N) is 5. The molecule has 0 spiro atoms. The number of ether oxygens (including phenoxy) is 2. The van der Waals surface area contributed by atoms with Gasteiger partial charge in [0.1, 0.15) is 29.8 Å². The monoisotopic (exact) mass is 596 g/mol. The molecule has 0 aliphatic carbocycles. The fraction of sp³-hybridized carbons (Fsp3) is 0.480.